The Kier molecular flexibility index (Phi) is 3.43. The van der Waals surface area contributed by atoms with Gasteiger partial charge in [0.1, 0.15) is 5.01 Å². The number of hydrogen-bond acceptors (Lipinski definition) is 3. The Morgan fingerprint density at radius 1 is 1.75 bits per heavy atom. The molecule has 1 aromatic rings. The Morgan fingerprint density at radius 2 is 2.50 bits per heavy atom. The minimum Gasteiger partial charge on any atom is -0.370 e. The normalized spacial score (nSPS) is 18.5. The molecule has 0 aromatic carbocycles. The zero-order chi connectivity index (χ0) is 11.5. The highest BCUT2D eigenvalue weighted by Gasteiger charge is 2.21. The summed E-state index contributed by atoms with van der Waals surface area (Å²) in [4.78, 5) is 10.0. The third kappa shape index (κ3) is 2.95. The van der Waals surface area contributed by atoms with Crippen molar-refractivity contribution in [2.45, 2.75) is 45.2 Å². The van der Waals surface area contributed by atoms with Crippen LogP contribution in [0.15, 0.2) is 11.2 Å². The fraction of sp³-hybridized carbons (Fsp3) is 0.636. The van der Waals surface area contributed by atoms with Crippen LogP contribution >= 0.6 is 11.3 Å². The van der Waals surface area contributed by atoms with Gasteiger partial charge in [0, 0.05) is 11.1 Å². The van der Waals surface area contributed by atoms with Gasteiger partial charge in [0.05, 0.1) is 12.1 Å². The summed E-state index contributed by atoms with van der Waals surface area (Å²) in [6, 6.07) is 0.606. The minimum absolute atomic E-state index is 0.146. The first-order valence-corrected chi connectivity index (χ1v) is 6.55. The van der Waals surface area contributed by atoms with Gasteiger partial charge in [-0.3, -0.25) is 4.99 Å². The predicted octanol–water partition coefficient (Wildman–Crippen LogP) is 1.83. The molecule has 16 heavy (non-hydrogen) atoms. The van der Waals surface area contributed by atoms with Crippen molar-refractivity contribution < 1.29 is 0 Å². The first kappa shape index (κ1) is 11.4. The summed E-state index contributed by atoms with van der Waals surface area (Å²) < 4.78 is 0. The molecule has 1 atom stereocenters. The Bertz CT molecular complexity index is 381. The summed E-state index contributed by atoms with van der Waals surface area (Å²) in [7, 11) is 0. The lowest BCUT2D eigenvalue weighted by Crippen LogP contribution is -2.34. The maximum Gasteiger partial charge on any atom is 0.189 e. The van der Waals surface area contributed by atoms with Gasteiger partial charge in [0.15, 0.2) is 5.96 Å². The monoisotopic (exact) mass is 238 g/mol. The van der Waals surface area contributed by atoms with Gasteiger partial charge in [0.25, 0.3) is 0 Å². The molecule has 1 aliphatic rings. The SMILES string of the molecule is CCc1cnc(C(C)NC(N)=NC2CC2)s1. The maximum atomic E-state index is 5.81. The van der Waals surface area contributed by atoms with Gasteiger partial charge < -0.3 is 11.1 Å². The van der Waals surface area contributed by atoms with E-state index in [-0.39, 0.29) is 6.04 Å². The van der Waals surface area contributed by atoms with Crippen molar-refractivity contribution in [1.82, 2.24) is 10.3 Å². The standard InChI is InChI=1S/C11H18N4S/c1-3-9-6-13-10(16-9)7(2)14-11(12)15-8-4-5-8/h6-8H,3-5H2,1-2H3,(H3,12,14,15). The third-order valence-electron chi connectivity index (χ3n) is 2.52. The fourth-order valence-corrected chi connectivity index (χ4v) is 2.27. The molecule has 5 heteroatoms. The van der Waals surface area contributed by atoms with Crippen LogP contribution in [-0.4, -0.2) is 17.0 Å². The number of nitrogens with two attached hydrogens (primary N) is 1. The second kappa shape index (κ2) is 4.82. The topological polar surface area (TPSA) is 63.3 Å². The van der Waals surface area contributed by atoms with Crippen molar-refractivity contribution in [3.63, 3.8) is 0 Å². The van der Waals surface area contributed by atoms with Gasteiger partial charge in [-0.05, 0) is 26.2 Å². The van der Waals surface area contributed by atoms with Crippen molar-refractivity contribution in [3.8, 4) is 0 Å². The molecule has 3 N–H and O–H groups in total. The molecular weight excluding hydrogens is 220 g/mol. The van der Waals surface area contributed by atoms with E-state index in [2.05, 4.69) is 29.1 Å². The van der Waals surface area contributed by atoms with E-state index < -0.39 is 0 Å². The molecular formula is C11H18N4S. The fourth-order valence-electron chi connectivity index (χ4n) is 1.41. The van der Waals surface area contributed by atoms with Crippen LogP contribution < -0.4 is 11.1 Å². The summed E-state index contributed by atoms with van der Waals surface area (Å²) in [5.41, 5.74) is 5.81. The molecule has 0 aliphatic heterocycles. The number of aromatic nitrogens is 1. The zero-order valence-corrected chi connectivity index (χ0v) is 10.5. The molecule has 1 saturated carbocycles. The van der Waals surface area contributed by atoms with Gasteiger partial charge in [-0.15, -0.1) is 11.3 Å². The highest BCUT2D eigenvalue weighted by molar-refractivity contribution is 7.11. The van der Waals surface area contributed by atoms with E-state index in [1.165, 1.54) is 17.7 Å². The molecule has 0 bridgehead atoms. The molecule has 0 radical (unpaired) electrons. The minimum atomic E-state index is 0.146. The molecule has 0 amide bonds. The first-order chi connectivity index (χ1) is 7.69. The van der Waals surface area contributed by atoms with Crippen molar-refractivity contribution in [2.75, 3.05) is 0 Å². The average molecular weight is 238 g/mol. The third-order valence-corrected chi connectivity index (χ3v) is 3.85. The number of nitrogens with one attached hydrogen (secondary N) is 1. The summed E-state index contributed by atoms with van der Waals surface area (Å²) >= 11 is 1.73. The van der Waals surface area contributed by atoms with Gasteiger partial charge in [-0.2, -0.15) is 0 Å². The van der Waals surface area contributed by atoms with E-state index in [0.29, 0.717) is 12.0 Å². The van der Waals surface area contributed by atoms with Gasteiger partial charge in [0.2, 0.25) is 0 Å². The lowest BCUT2D eigenvalue weighted by Gasteiger charge is -2.11. The van der Waals surface area contributed by atoms with E-state index in [1.54, 1.807) is 11.3 Å². The molecule has 1 unspecified atom stereocenters. The largest absolute Gasteiger partial charge is 0.370 e. The van der Waals surface area contributed by atoms with E-state index >= 15 is 0 Å². The van der Waals surface area contributed by atoms with E-state index in [1.807, 2.05) is 6.20 Å². The first-order valence-electron chi connectivity index (χ1n) is 5.73. The number of hydrogen-bond donors (Lipinski definition) is 2. The van der Waals surface area contributed by atoms with Crippen molar-refractivity contribution >= 4 is 17.3 Å². The van der Waals surface area contributed by atoms with Crippen molar-refractivity contribution in [1.29, 1.82) is 0 Å². The Labute approximate surface area is 100.0 Å². The number of aliphatic imine (C=N–C) groups is 1. The van der Waals surface area contributed by atoms with E-state index in [9.17, 15) is 0 Å². The van der Waals surface area contributed by atoms with Crippen molar-refractivity contribution in [3.05, 3.63) is 16.1 Å². The van der Waals surface area contributed by atoms with Crippen LogP contribution in [0.25, 0.3) is 0 Å². The number of nitrogens with zero attached hydrogens (tertiary/aromatic N) is 2. The summed E-state index contributed by atoms with van der Waals surface area (Å²) in [6.07, 6.45) is 5.32. The van der Waals surface area contributed by atoms with Gasteiger partial charge in [-0.25, -0.2) is 4.98 Å². The number of rotatable bonds is 4. The van der Waals surface area contributed by atoms with Crippen LogP contribution in [-0.2, 0) is 6.42 Å². The molecule has 1 fully saturated rings. The maximum absolute atomic E-state index is 5.81. The van der Waals surface area contributed by atoms with E-state index in [0.717, 1.165) is 11.4 Å². The molecule has 2 rings (SSSR count). The van der Waals surface area contributed by atoms with Crippen LogP contribution in [0.5, 0.6) is 0 Å². The summed E-state index contributed by atoms with van der Waals surface area (Å²) in [6.45, 7) is 4.20. The smallest absolute Gasteiger partial charge is 0.189 e. The lowest BCUT2D eigenvalue weighted by atomic mass is 10.3. The Balaban J connectivity index is 1.93. The number of guanidine groups is 1. The average Bonchev–Trinajstić information content (AvgIpc) is 2.93. The van der Waals surface area contributed by atoms with Crippen LogP contribution in [0, 0.1) is 0 Å². The second-order valence-electron chi connectivity index (χ2n) is 4.13. The van der Waals surface area contributed by atoms with Crippen molar-refractivity contribution in [2.24, 2.45) is 10.7 Å². The van der Waals surface area contributed by atoms with Crippen LogP contribution in [0.3, 0.4) is 0 Å². The molecule has 1 aromatic heterocycles. The van der Waals surface area contributed by atoms with Crippen LogP contribution in [0.2, 0.25) is 0 Å². The summed E-state index contributed by atoms with van der Waals surface area (Å²) in [5.74, 6) is 0.545. The highest BCUT2D eigenvalue weighted by atomic mass is 32.1. The molecule has 1 heterocycles. The molecule has 0 spiro atoms. The highest BCUT2D eigenvalue weighted by Crippen LogP contribution is 2.24. The van der Waals surface area contributed by atoms with Crippen LogP contribution in [0.4, 0.5) is 0 Å². The Morgan fingerprint density at radius 3 is 3.06 bits per heavy atom. The van der Waals surface area contributed by atoms with E-state index in [4.69, 9.17) is 5.73 Å². The zero-order valence-electron chi connectivity index (χ0n) is 9.73. The number of thiazole rings is 1. The molecule has 88 valence electrons. The van der Waals surface area contributed by atoms with Crippen LogP contribution in [0.1, 0.15) is 42.6 Å². The number of aryl methyl sites for hydroxylation is 1. The quantitative estimate of drug-likeness (QED) is 0.621. The summed E-state index contributed by atoms with van der Waals surface area (Å²) in [5, 5.41) is 4.26. The second-order valence-corrected chi connectivity index (χ2v) is 5.28. The van der Waals surface area contributed by atoms with Gasteiger partial charge >= 0.3 is 0 Å². The van der Waals surface area contributed by atoms with Gasteiger partial charge in [-0.1, -0.05) is 6.92 Å². The molecule has 4 nitrogen and oxygen atoms in total. The lowest BCUT2D eigenvalue weighted by molar-refractivity contribution is 0.701. The Hall–Kier alpha value is -1.10. The predicted molar refractivity (Wildman–Crippen MR) is 67.7 cm³/mol. The molecule has 0 saturated heterocycles. The molecule has 1 aliphatic carbocycles.